The standard InChI is InChI=1S/C21H28FNO2/c1-14-3-4-18(22)17(9-14)15-5-7-21(8-6-15)12-23(13-21)19(24)16-10-20(2,25)11-16/h3-4,9,15-16,25H,5-8,10-13H2,1-2H3/t16-,20+. The summed E-state index contributed by atoms with van der Waals surface area (Å²) in [6.45, 7) is 5.53. The minimum atomic E-state index is -0.640. The van der Waals surface area contributed by atoms with Crippen molar-refractivity contribution >= 4 is 5.91 Å². The third-order valence-corrected chi connectivity index (χ3v) is 6.72. The molecular formula is C21H28FNO2. The molecule has 2 aliphatic carbocycles. The molecule has 1 aromatic rings. The second-order valence-electron chi connectivity index (χ2n) is 9.10. The van der Waals surface area contributed by atoms with E-state index in [1.54, 1.807) is 13.0 Å². The SMILES string of the molecule is Cc1ccc(F)c(C2CCC3(CC2)CN(C(=O)[C@H]2C[C@@](C)(O)C2)C3)c1. The maximum absolute atomic E-state index is 14.1. The van der Waals surface area contributed by atoms with E-state index in [-0.39, 0.29) is 23.1 Å². The van der Waals surface area contributed by atoms with Crippen LogP contribution in [0.5, 0.6) is 0 Å². The number of benzene rings is 1. The first kappa shape index (κ1) is 17.0. The predicted octanol–water partition coefficient (Wildman–Crippen LogP) is 3.78. The van der Waals surface area contributed by atoms with Crippen molar-refractivity contribution < 1.29 is 14.3 Å². The zero-order valence-corrected chi connectivity index (χ0v) is 15.2. The highest BCUT2D eigenvalue weighted by molar-refractivity contribution is 5.81. The fourth-order valence-electron chi connectivity index (χ4n) is 5.19. The number of halogens is 1. The largest absolute Gasteiger partial charge is 0.390 e. The molecule has 0 unspecified atom stereocenters. The minimum Gasteiger partial charge on any atom is -0.390 e. The number of hydrogen-bond acceptors (Lipinski definition) is 2. The lowest BCUT2D eigenvalue weighted by molar-refractivity contribution is -0.163. The number of hydrogen-bond donors (Lipinski definition) is 1. The summed E-state index contributed by atoms with van der Waals surface area (Å²) >= 11 is 0. The van der Waals surface area contributed by atoms with Crippen LogP contribution in [-0.4, -0.2) is 34.6 Å². The molecule has 1 saturated heterocycles. The molecule has 136 valence electrons. The fourth-order valence-corrected chi connectivity index (χ4v) is 5.19. The van der Waals surface area contributed by atoms with Crippen molar-refractivity contribution in [3.8, 4) is 0 Å². The molecule has 1 amide bonds. The van der Waals surface area contributed by atoms with Gasteiger partial charge in [-0.15, -0.1) is 0 Å². The van der Waals surface area contributed by atoms with E-state index in [0.29, 0.717) is 18.8 Å². The Morgan fingerprint density at radius 1 is 1.24 bits per heavy atom. The fraction of sp³-hybridized carbons (Fsp3) is 0.667. The molecule has 3 aliphatic rings. The van der Waals surface area contributed by atoms with E-state index in [0.717, 1.165) is 49.9 Å². The topological polar surface area (TPSA) is 40.5 Å². The number of amides is 1. The Balaban J connectivity index is 1.31. The number of nitrogens with zero attached hydrogens (tertiary/aromatic N) is 1. The highest BCUT2D eigenvalue weighted by Gasteiger charge is 2.51. The van der Waals surface area contributed by atoms with Crippen molar-refractivity contribution in [2.75, 3.05) is 13.1 Å². The number of rotatable bonds is 2. The van der Waals surface area contributed by atoms with Crippen LogP contribution in [0, 0.1) is 24.1 Å². The van der Waals surface area contributed by atoms with Crippen LogP contribution in [-0.2, 0) is 4.79 Å². The van der Waals surface area contributed by atoms with Crippen molar-refractivity contribution in [1.82, 2.24) is 4.90 Å². The maximum Gasteiger partial charge on any atom is 0.225 e. The lowest BCUT2D eigenvalue weighted by Crippen LogP contribution is -2.62. The van der Waals surface area contributed by atoms with Gasteiger partial charge in [0.25, 0.3) is 0 Å². The molecule has 25 heavy (non-hydrogen) atoms. The zero-order valence-electron chi connectivity index (χ0n) is 15.2. The molecule has 4 rings (SSSR count). The van der Waals surface area contributed by atoms with Gasteiger partial charge in [-0.05, 0) is 69.9 Å². The van der Waals surface area contributed by atoms with Gasteiger partial charge in [-0.2, -0.15) is 0 Å². The number of carbonyl (C=O) groups excluding carboxylic acids is 1. The molecule has 1 heterocycles. The van der Waals surface area contributed by atoms with Crippen LogP contribution in [0.4, 0.5) is 4.39 Å². The summed E-state index contributed by atoms with van der Waals surface area (Å²) < 4.78 is 14.1. The molecular weight excluding hydrogens is 317 g/mol. The van der Waals surface area contributed by atoms with Crippen LogP contribution < -0.4 is 0 Å². The minimum absolute atomic E-state index is 0.0186. The molecule has 1 aliphatic heterocycles. The van der Waals surface area contributed by atoms with Gasteiger partial charge in [0.1, 0.15) is 5.82 Å². The first-order valence-corrected chi connectivity index (χ1v) is 9.54. The van der Waals surface area contributed by atoms with E-state index in [1.165, 1.54) is 0 Å². The molecule has 1 aromatic carbocycles. The molecule has 0 radical (unpaired) electrons. The summed E-state index contributed by atoms with van der Waals surface area (Å²) in [5.41, 5.74) is 1.62. The predicted molar refractivity (Wildman–Crippen MR) is 94.7 cm³/mol. The summed E-state index contributed by atoms with van der Waals surface area (Å²) in [5.74, 6) is 0.486. The van der Waals surface area contributed by atoms with Crippen LogP contribution in [0.3, 0.4) is 0 Å². The monoisotopic (exact) mass is 345 g/mol. The third-order valence-electron chi connectivity index (χ3n) is 6.72. The van der Waals surface area contributed by atoms with Gasteiger partial charge in [0.05, 0.1) is 5.60 Å². The molecule has 0 aromatic heterocycles. The zero-order chi connectivity index (χ0) is 17.8. The average molecular weight is 345 g/mol. The quantitative estimate of drug-likeness (QED) is 0.886. The van der Waals surface area contributed by atoms with E-state index >= 15 is 0 Å². The molecule has 0 atom stereocenters. The van der Waals surface area contributed by atoms with E-state index < -0.39 is 5.60 Å². The number of aliphatic hydroxyl groups is 1. The Morgan fingerprint density at radius 3 is 2.48 bits per heavy atom. The van der Waals surface area contributed by atoms with E-state index in [2.05, 4.69) is 0 Å². The van der Waals surface area contributed by atoms with Crippen LogP contribution in [0.25, 0.3) is 0 Å². The van der Waals surface area contributed by atoms with E-state index in [9.17, 15) is 14.3 Å². The number of likely N-dealkylation sites (tertiary alicyclic amines) is 1. The molecule has 0 bridgehead atoms. The van der Waals surface area contributed by atoms with E-state index in [1.807, 2.05) is 24.0 Å². The third kappa shape index (κ3) is 3.10. The van der Waals surface area contributed by atoms with Crippen molar-refractivity contribution in [2.45, 2.75) is 63.9 Å². The Morgan fingerprint density at radius 2 is 1.88 bits per heavy atom. The van der Waals surface area contributed by atoms with Crippen molar-refractivity contribution in [3.05, 3.63) is 35.1 Å². The van der Waals surface area contributed by atoms with Gasteiger partial charge in [-0.1, -0.05) is 17.7 Å². The van der Waals surface area contributed by atoms with Crippen molar-refractivity contribution in [3.63, 3.8) is 0 Å². The van der Waals surface area contributed by atoms with Gasteiger partial charge >= 0.3 is 0 Å². The van der Waals surface area contributed by atoms with Crippen molar-refractivity contribution in [2.24, 2.45) is 11.3 Å². The van der Waals surface area contributed by atoms with Gasteiger partial charge in [-0.3, -0.25) is 4.79 Å². The lowest BCUT2D eigenvalue weighted by Gasteiger charge is -2.55. The second kappa shape index (κ2) is 5.80. The summed E-state index contributed by atoms with van der Waals surface area (Å²) in [6.07, 6.45) is 5.39. The highest BCUT2D eigenvalue weighted by Crippen LogP contribution is 2.50. The van der Waals surface area contributed by atoms with Crippen LogP contribution >= 0.6 is 0 Å². The van der Waals surface area contributed by atoms with Gasteiger partial charge in [-0.25, -0.2) is 4.39 Å². The summed E-state index contributed by atoms with van der Waals surface area (Å²) in [7, 11) is 0. The molecule has 1 spiro atoms. The first-order chi connectivity index (χ1) is 11.8. The molecule has 4 heteroatoms. The maximum atomic E-state index is 14.1. The number of aryl methyl sites for hydroxylation is 1. The lowest BCUT2D eigenvalue weighted by atomic mass is 9.63. The first-order valence-electron chi connectivity index (χ1n) is 9.54. The molecule has 3 nitrogen and oxygen atoms in total. The van der Waals surface area contributed by atoms with Gasteiger partial charge in [0.15, 0.2) is 0 Å². The molecule has 1 N–H and O–H groups in total. The van der Waals surface area contributed by atoms with Gasteiger partial charge in [0, 0.05) is 24.4 Å². The van der Waals surface area contributed by atoms with Gasteiger partial charge < -0.3 is 10.0 Å². The Kier molecular flexibility index (Phi) is 3.95. The Hall–Kier alpha value is -1.42. The molecule has 3 fully saturated rings. The van der Waals surface area contributed by atoms with Crippen molar-refractivity contribution in [1.29, 1.82) is 0 Å². The normalized spacial score (nSPS) is 31.5. The van der Waals surface area contributed by atoms with Crippen LogP contribution in [0.15, 0.2) is 18.2 Å². The highest BCUT2D eigenvalue weighted by atomic mass is 19.1. The van der Waals surface area contributed by atoms with Crippen LogP contribution in [0.1, 0.15) is 62.5 Å². The summed E-state index contributed by atoms with van der Waals surface area (Å²) in [4.78, 5) is 14.4. The summed E-state index contributed by atoms with van der Waals surface area (Å²) in [6, 6.07) is 5.42. The Bertz CT molecular complexity index is 675. The Labute approximate surface area is 149 Å². The molecule has 2 saturated carbocycles. The number of carbonyl (C=O) groups is 1. The summed E-state index contributed by atoms with van der Waals surface area (Å²) in [5, 5.41) is 9.83. The smallest absolute Gasteiger partial charge is 0.225 e. The van der Waals surface area contributed by atoms with E-state index in [4.69, 9.17) is 0 Å². The van der Waals surface area contributed by atoms with Gasteiger partial charge in [0.2, 0.25) is 5.91 Å². The second-order valence-corrected chi connectivity index (χ2v) is 9.10. The average Bonchev–Trinajstić information content (AvgIpc) is 2.52. The van der Waals surface area contributed by atoms with Crippen LogP contribution in [0.2, 0.25) is 0 Å².